The average Bonchev–Trinajstić information content (AvgIpc) is 3.77. The van der Waals surface area contributed by atoms with Crippen molar-refractivity contribution in [2.75, 3.05) is 0 Å². The van der Waals surface area contributed by atoms with Crippen molar-refractivity contribution < 1.29 is 30.0 Å². The zero-order chi connectivity index (χ0) is 35.6. The Morgan fingerprint density at radius 2 is 1.52 bits per heavy atom. The summed E-state index contributed by atoms with van der Waals surface area (Å²) in [5.74, 6) is 0.286. The molecule has 4 aromatic heterocycles. The monoisotopic (exact) mass is 882 g/mol. The van der Waals surface area contributed by atoms with E-state index in [0.29, 0.717) is 0 Å². The average molecular weight is 882 g/mol. The maximum Gasteiger partial charge on any atom is 0.164 e. The molecule has 4 heterocycles. The molecule has 2 aromatic carbocycles. The van der Waals surface area contributed by atoms with E-state index in [9.17, 15) is 9.90 Å². The van der Waals surface area contributed by atoms with Gasteiger partial charge in [0.1, 0.15) is 5.76 Å². The van der Waals surface area contributed by atoms with Crippen LogP contribution < -0.4 is 0 Å². The molecule has 0 aliphatic carbocycles. The predicted octanol–water partition coefficient (Wildman–Crippen LogP) is 13.1. The number of pyridine rings is 2. The number of nitrogens with zero attached hydrogens (tertiary/aromatic N) is 2. The summed E-state index contributed by atoms with van der Waals surface area (Å²) >= 11 is 3.53. The molecule has 6 aromatic rings. The second kappa shape index (κ2) is 16.0. The Morgan fingerprint density at radius 1 is 0.840 bits per heavy atom. The predicted molar refractivity (Wildman–Crippen MR) is 212 cm³/mol. The molecule has 0 spiro atoms. The molecule has 7 heteroatoms. The van der Waals surface area contributed by atoms with Gasteiger partial charge in [0.15, 0.2) is 5.78 Å². The summed E-state index contributed by atoms with van der Waals surface area (Å²) < 4.78 is 2.45. The minimum Gasteiger partial charge on any atom is -0.512 e. The zero-order valence-corrected chi connectivity index (χ0v) is 34.8. The number of aromatic nitrogens is 2. The first-order chi connectivity index (χ1) is 23.3. The van der Waals surface area contributed by atoms with Crippen LogP contribution in [0.15, 0.2) is 84.2 Å². The quantitative estimate of drug-likeness (QED) is 0.0893. The van der Waals surface area contributed by atoms with Crippen LogP contribution in [0, 0.1) is 16.9 Å². The van der Waals surface area contributed by atoms with Gasteiger partial charge < -0.3 is 5.11 Å². The number of fused-ring (bicyclic) bond motifs is 3. The molecule has 0 aliphatic rings. The molecule has 0 bridgehead atoms. The Morgan fingerprint density at radius 3 is 2.18 bits per heavy atom. The van der Waals surface area contributed by atoms with Crippen LogP contribution >= 0.6 is 22.7 Å². The zero-order valence-electron chi connectivity index (χ0n) is 30.7. The number of carbonyl (C=O) groups excluding carboxylic acids is 1. The summed E-state index contributed by atoms with van der Waals surface area (Å²) in [7, 11) is 0. The standard InChI is InChI=1S/C28H21N2S2.C15H28O2.Ir/c1-28(2,3)22-13-18(12-17-6-4-5-7-20(17)22)27-21-15-25(32-24(21)8-10-29-27)19-14-26-23(30-16-19)9-11-31-26;1-7-14(5,8-2)12(16)11-13(17)15(6,9-3)10-4;/h4-11,13-16H,1-3H3;11,16H,7-10H2,1-6H3;/q-1;;/b;12-11-;. The number of ketones is 1. The molecule has 1 N–H and O–H groups in total. The minimum absolute atomic E-state index is 0. The fourth-order valence-corrected chi connectivity index (χ4v) is 7.78. The third-order valence-electron chi connectivity index (χ3n) is 10.5. The number of hydrogen-bond donors (Lipinski definition) is 1. The van der Waals surface area contributed by atoms with Gasteiger partial charge in [-0.2, -0.15) is 0 Å². The van der Waals surface area contributed by atoms with Crippen LogP contribution in [0.3, 0.4) is 0 Å². The van der Waals surface area contributed by atoms with Gasteiger partial charge in [0.2, 0.25) is 0 Å². The summed E-state index contributed by atoms with van der Waals surface area (Å²) in [5.41, 5.74) is 5.01. The van der Waals surface area contributed by atoms with Gasteiger partial charge >= 0.3 is 0 Å². The van der Waals surface area contributed by atoms with Gasteiger partial charge in [-0.25, -0.2) is 0 Å². The molecule has 0 amide bonds. The first-order valence-electron chi connectivity index (χ1n) is 17.4. The summed E-state index contributed by atoms with van der Waals surface area (Å²) in [6, 6.07) is 23.1. The van der Waals surface area contributed by atoms with Gasteiger partial charge in [-0.15, -0.1) is 51.8 Å². The maximum absolute atomic E-state index is 12.2. The molecule has 4 nitrogen and oxygen atoms in total. The number of carbonyl (C=O) groups is 1. The summed E-state index contributed by atoms with van der Waals surface area (Å²) in [5, 5.41) is 15.8. The normalized spacial score (nSPS) is 12.5. The summed E-state index contributed by atoms with van der Waals surface area (Å²) in [6.07, 6.45) is 8.65. The van der Waals surface area contributed by atoms with Gasteiger partial charge in [0.05, 0.1) is 10.2 Å². The molecule has 0 saturated heterocycles. The number of aliphatic hydroxyl groups excluding tert-OH is 1. The molecular formula is C43H49IrN2O2S2-. The van der Waals surface area contributed by atoms with Crippen molar-refractivity contribution >= 4 is 59.5 Å². The van der Waals surface area contributed by atoms with Crippen molar-refractivity contribution in [3.63, 3.8) is 0 Å². The molecule has 0 aliphatic heterocycles. The smallest absolute Gasteiger partial charge is 0.164 e. The van der Waals surface area contributed by atoms with Crippen LogP contribution in [-0.2, 0) is 30.3 Å². The van der Waals surface area contributed by atoms with Crippen LogP contribution in [0.5, 0.6) is 0 Å². The summed E-state index contributed by atoms with van der Waals surface area (Å²) in [6.45, 7) is 18.9. The molecule has 0 atom stereocenters. The number of benzene rings is 2. The molecule has 0 fully saturated rings. The Labute approximate surface area is 319 Å². The second-order valence-corrected chi connectivity index (χ2v) is 16.6. The first-order valence-corrected chi connectivity index (χ1v) is 19.1. The minimum atomic E-state index is -0.337. The first kappa shape index (κ1) is 39.6. The van der Waals surface area contributed by atoms with Crippen molar-refractivity contribution in [3.8, 4) is 21.7 Å². The van der Waals surface area contributed by atoms with Crippen LogP contribution in [0.2, 0.25) is 0 Å². The summed E-state index contributed by atoms with van der Waals surface area (Å²) in [4.78, 5) is 22.9. The van der Waals surface area contributed by atoms with Crippen molar-refractivity contribution in [2.24, 2.45) is 10.8 Å². The fraction of sp³-hybridized carbons (Fsp3) is 0.372. The molecule has 1 radical (unpaired) electrons. The van der Waals surface area contributed by atoms with E-state index < -0.39 is 0 Å². The molecular weight excluding hydrogens is 833 g/mol. The molecule has 6 rings (SSSR count). The number of rotatable bonds is 9. The third kappa shape index (κ3) is 8.12. The van der Waals surface area contributed by atoms with Gasteiger partial charge in [-0.3, -0.25) is 14.8 Å². The number of hydrogen-bond acceptors (Lipinski definition) is 6. The topological polar surface area (TPSA) is 63.1 Å². The van der Waals surface area contributed by atoms with Gasteiger partial charge in [-0.05, 0) is 66.1 Å². The van der Waals surface area contributed by atoms with Crippen molar-refractivity contribution in [1.29, 1.82) is 0 Å². The Balaban J connectivity index is 0.000000269. The van der Waals surface area contributed by atoms with Gasteiger partial charge in [0, 0.05) is 70.2 Å². The SMILES string of the molecule is CC(C)(C)c1cc(-c2nccc3sc(-c4cnc5ccsc5c4)cc23)[c-]c2ccccc12.CCC(C)(CC)C(=O)/C=C(\O)C(C)(CC)CC.[Ir]. The Hall–Kier alpha value is -3.22. The Kier molecular flexibility index (Phi) is 12.6. The fourth-order valence-electron chi connectivity index (χ4n) is 5.96. The molecule has 50 heavy (non-hydrogen) atoms. The van der Waals surface area contributed by atoms with Crippen LogP contribution in [-0.4, -0.2) is 20.9 Å². The Bertz CT molecular complexity index is 2130. The van der Waals surface area contributed by atoms with E-state index in [1.54, 1.807) is 22.7 Å². The van der Waals surface area contributed by atoms with E-state index in [2.05, 4.69) is 91.8 Å². The van der Waals surface area contributed by atoms with Crippen LogP contribution in [0.25, 0.3) is 52.8 Å². The van der Waals surface area contributed by atoms with E-state index >= 15 is 0 Å². The van der Waals surface area contributed by atoms with Gasteiger partial charge in [0.25, 0.3) is 0 Å². The van der Waals surface area contributed by atoms with Crippen molar-refractivity contribution in [3.05, 3.63) is 95.8 Å². The van der Waals surface area contributed by atoms with E-state index in [-0.39, 0.29) is 47.9 Å². The van der Waals surface area contributed by atoms with Crippen LogP contribution in [0.1, 0.15) is 93.6 Å². The van der Waals surface area contributed by atoms with Crippen molar-refractivity contribution in [1.82, 2.24) is 9.97 Å². The largest absolute Gasteiger partial charge is 0.512 e. The van der Waals surface area contributed by atoms with E-state index in [1.807, 2.05) is 53.9 Å². The maximum atomic E-state index is 12.2. The number of allylic oxidation sites excluding steroid dienone is 2. The third-order valence-corrected chi connectivity index (χ3v) is 12.5. The second-order valence-electron chi connectivity index (χ2n) is 14.5. The van der Waals surface area contributed by atoms with Crippen molar-refractivity contribution in [2.45, 2.75) is 93.4 Å². The van der Waals surface area contributed by atoms with Crippen LogP contribution in [0.4, 0.5) is 0 Å². The van der Waals surface area contributed by atoms with E-state index in [0.717, 1.165) is 53.4 Å². The van der Waals surface area contributed by atoms with E-state index in [1.165, 1.54) is 36.7 Å². The molecule has 0 saturated carbocycles. The molecule has 265 valence electrons. The number of thiophene rings is 2. The van der Waals surface area contributed by atoms with E-state index in [4.69, 9.17) is 4.98 Å². The number of aliphatic hydroxyl groups is 1. The molecule has 0 unspecified atom stereocenters. The van der Waals surface area contributed by atoms with Gasteiger partial charge in [-0.1, -0.05) is 91.5 Å².